The van der Waals surface area contributed by atoms with E-state index in [1.54, 1.807) is 0 Å². The topological polar surface area (TPSA) is 29.9 Å². The zero-order chi connectivity index (χ0) is 14.4. The molecule has 0 amide bonds. The first-order valence-electron chi connectivity index (χ1n) is 8.27. The molecule has 0 aliphatic heterocycles. The lowest BCUT2D eigenvalue weighted by Gasteiger charge is -2.36. The van der Waals surface area contributed by atoms with Gasteiger partial charge in [-0.25, -0.2) is 4.98 Å². The smallest absolute Gasteiger partial charge is 0.0946 e. The van der Waals surface area contributed by atoms with E-state index in [0.29, 0.717) is 12.1 Å². The minimum Gasteiger partial charge on any atom is -0.336 e. The average molecular weight is 277 g/mol. The molecule has 20 heavy (non-hydrogen) atoms. The van der Waals surface area contributed by atoms with Crippen molar-refractivity contribution < 1.29 is 0 Å². The minimum atomic E-state index is 0.270. The second-order valence-electron chi connectivity index (χ2n) is 7.39. The van der Waals surface area contributed by atoms with Crippen LogP contribution in [0.3, 0.4) is 0 Å². The highest BCUT2D eigenvalue weighted by molar-refractivity contribution is 4.87. The fourth-order valence-corrected chi connectivity index (χ4v) is 3.09. The van der Waals surface area contributed by atoms with Gasteiger partial charge in [-0.1, -0.05) is 52.9 Å². The van der Waals surface area contributed by atoms with Crippen molar-refractivity contribution in [2.24, 2.45) is 5.41 Å². The molecule has 1 aromatic rings. The van der Waals surface area contributed by atoms with Crippen LogP contribution in [0.2, 0.25) is 0 Å². The Labute approximate surface area is 124 Å². The molecule has 1 aliphatic rings. The first-order chi connectivity index (χ1) is 9.55. The Hall–Kier alpha value is -0.830. The molecule has 0 bridgehead atoms. The Morgan fingerprint density at radius 1 is 1.15 bits per heavy atom. The standard InChI is InChI=1S/C17H31N3/c1-17(2,3)16(13-20-12-11-18-14-20)19-15-9-7-5-4-6-8-10-15/h11-12,14-16,19H,4-10,13H2,1-3H3. The van der Waals surface area contributed by atoms with Gasteiger partial charge in [-0.3, -0.25) is 0 Å². The first kappa shape index (κ1) is 15.6. The summed E-state index contributed by atoms with van der Waals surface area (Å²) in [6, 6.07) is 1.20. The van der Waals surface area contributed by atoms with Gasteiger partial charge in [-0.2, -0.15) is 0 Å². The van der Waals surface area contributed by atoms with Crippen LogP contribution in [0, 0.1) is 5.41 Å². The van der Waals surface area contributed by atoms with Crippen molar-refractivity contribution in [1.29, 1.82) is 0 Å². The molecule has 0 aromatic carbocycles. The number of imidazole rings is 1. The largest absolute Gasteiger partial charge is 0.336 e. The molecule has 1 unspecified atom stereocenters. The predicted molar refractivity (Wildman–Crippen MR) is 84.7 cm³/mol. The van der Waals surface area contributed by atoms with E-state index in [1.807, 2.05) is 12.5 Å². The van der Waals surface area contributed by atoms with E-state index in [4.69, 9.17) is 0 Å². The van der Waals surface area contributed by atoms with Crippen molar-refractivity contribution in [3.8, 4) is 0 Å². The van der Waals surface area contributed by atoms with Crippen molar-refractivity contribution in [3.05, 3.63) is 18.7 Å². The lowest BCUT2D eigenvalue weighted by atomic mass is 9.85. The molecular weight excluding hydrogens is 246 g/mol. The highest BCUT2D eigenvalue weighted by atomic mass is 15.1. The van der Waals surface area contributed by atoms with E-state index in [9.17, 15) is 0 Å². The highest BCUT2D eigenvalue weighted by Crippen LogP contribution is 2.24. The third-order valence-electron chi connectivity index (χ3n) is 4.54. The summed E-state index contributed by atoms with van der Waals surface area (Å²) in [6.07, 6.45) is 15.6. The number of hydrogen-bond donors (Lipinski definition) is 1. The van der Waals surface area contributed by atoms with Gasteiger partial charge in [0.25, 0.3) is 0 Å². The van der Waals surface area contributed by atoms with E-state index < -0.39 is 0 Å². The van der Waals surface area contributed by atoms with Crippen LogP contribution in [0.5, 0.6) is 0 Å². The van der Waals surface area contributed by atoms with Gasteiger partial charge >= 0.3 is 0 Å². The second kappa shape index (κ2) is 7.26. The first-order valence-corrected chi connectivity index (χ1v) is 8.27. The summed E-state index contributed by atoms with van der Waals surface area (Å²) >= 11 is 0. The quantitative estimate of drug-likeness (QED) is 0.901. The molecule has 114 valence electrons. The maximum absolute atomic E-state index is 4.17. The summed E-state index contributed by atoms with van der Waals surface area (Å²) in [5.41, 5.74) is 0.270. The molecule has 1 heterocycles. The van der Waals surface area contributed by atoms with Crippen LogP contribution in [0.4, 0.5) is 0 Å². The molecular formula is C17H31N3. The lowest BCUT2D eigenvalue weighted by Crippen LogP contribution is -2.48. The maximum Gasteiger partial charge on any atom is 0.0946 e. The Bertz CT molecular complexity index is 356. The van der Waals surface area contributed by atoms with Gasteiger partial charge in [-0.15, -0.1) is 0 Å². The summed E-state index contributed by atoms with van der Waals surface area (Å²) in [5.74, 6) is 0. The summed E-state index contributed by atoms with van der Waals surface area (Å²) in [7, 11) is 0. The van der Waals surface area contributed by atoms with Gasteiger partial charge in [-0.05, 0) is 18.3 Å². The van der Waals surface area contributed by atoms with Crippen LogP contribution in [0.1, 0.15) is 65.7 Å². The molecule has 1 saturated carbocycles. The molecule has 0 radical (unpaired) electrons. The molecule has 3 heteroatoms. The van der Waals surface area contributed by atoms with E-state index in [1.165, 1.54) is 44.9 Å². The zero-order valence-corrected chi connectivity index (χ0v) is 13.4. The summed E-state index contributed by atoms with van der Waals surface area (Å²) < 4.78 is 2.20. The predicted octanol–water partition coefficient (Wildman–Crippen LogP) is 4.00. The van der Waals surface area contributed by atoms with Gasteiger partial charge in [0, 0.05) is 31.0 Å². The van der Waals surface area contributed by atoms with Crippen molar-refractivity contribution in [2.45, 2.75) is 84.3 Å². The summed E-state index contributed by atoms with van der Waals surface area (Å²) in [6.45, 7) is 8.03. The van der Waals surface area contributed by atoms with Crippen LogP contribution >= 0.6 is 0 Å². The molecule has 1 atom stereocenters. The zero-order valence-electron chi connectivity index (χ0n) is 13.4. The number of nitrogens with one attached hydrogen (secondary N) is 1. The number of nitrogens with zero attached hydrogens (tertiary/aromatic N) is 2. The van der Waals surface area contributed by atoms with Crippen molar-refractivity contribution in [1.82, 2.24) is 14.9 Å². The van der Waals surface area contributed by atoms with Gasteiger partial charge in [0.2, 0.25) is 0 Å². The van der Waals surface area contributed by atoms with Gasteiger partial charge in [0.05, 0.1) is 6.33 Å². The van der Waals surface area contributed by atoms with Crippen molar-refractivity contribution in [3.63, 3.8) is 0 Å². The molecule has 0 spiro atoms. The minimum absolute atomic E-state index is 0.270. The normalized spacial score (nSPS) is 20.4. The number of aromatic nitrogens is 2. The lowest BCUT2D eigenvalue weighted by molar-refractivity contribution is 0.208. The van der Waals surface area contributed by atoms with E-state index >= 15 is 0 Å². The van der Waals surface area contributed by atoms with Crippen molar-refractivity contribution >= 4 is 0 Å². The van der Waals surface area contributed by atoms with E-state index in [-0.39, 0.29) is 5.41 Å². The molecule has 3 nitrogen and oxygen atoms in total. The van der Waals surface area contributed by atoms with Gasteiger partial charge in [0.1, 0.15) is 0 Å². The Morgan fingerprint density at radius 3 is 2.35 bits per heavy atom. The molecule has 1 N–H and O–H groups in total. The molecule has 0 saturated heterocycles. The monoisotopic (exact) mass is 277 g/mol. The third-order valence-corrected chi connectivity index (χ3v) is 4.54. The molecule has 2 rings (SSSR count). The third kappa shape index (κ3) is 4.93. The van der Waals surface area contributed by atoms with Gasteiger partial charge in [0.15, 0.2) is 0 Å². The fraction of sp³-hybridized carbons (Fsp3) is 0.824. The van der Waals surface area contributed by atoms with Gasteiger partial charge < -0.3 is 9.88 Å². The summed E-state index contributed by atoms with van der Waals surface area (Å²) in [4.78, 5) is 4.17. The maximum atomic E-state index is 4.17. The number of hydrogen-bond acceptors (Lipinski definition) is 2. The molecule has 1 fully saturated rings. The Balaban J connectivity index is 1.95. The SMILES string of the molecule is CC(C)(C)C(Cn1ccnc1)NC1CCCCCCC1. The number of rotatable bonds is 4. The van der Waals surface area contributed by atoms with Crippen LogP contribution in [0.15, 0.2) is 18.7 Å². The average Bonchev–Trinajstić information content (AvgIpc) is 2.82. The van der Waals surface area contributed by atoms with Crippen LogP contribution in [-0.2, 0) is 6.54 Å². The Morgan fingerprint density at radius 2 is 1.80 bits per heavy atom. The fourth-order valence-electron chi connectivity index (χ4n) is 3.09. The van der Waals surface area contributed by atoms with Crippen LogP contribution in [-0.4, -0.2) is 21.6 Å². The Kier molecular flexibility index (Phi) is 5.64. The molecule has 1 aromatic heterocycles. The van der Waals surface area contributed by atoms with E-state index in [0.717, 1.165) is 6.54 Å². The highest BCUT2D eigenvalue weighted by Gasteiger charge is 2.27. The van der Waals surface area contributed by atoms with Crippen molar-refractivity contribution in [2.75, 3.05) is 0 Å². The van der Waals surface area contributed by atoms with E-state index in [2.05, 4.69) is 41.8 Å². The van der Waals surface area contributed by atoms with Crippen LogP contribution in [0.25, 0.3) is 0 Å². The summed E-state index contributed by atoms with van der Waals surface area (Å²) in [5, 5.41) is 3.95. The molecule has 1 aliphatic carbocycles. The second-order valence-corrected chi connectivity index (χ2v) is 7.39. The van der Waals surface area contributed by atoms with Crippen LogP contribution < -0.4 is 5.32 Å².